The fourth-order valence-electron chi connectivity index (χ4n) is 1.74. The second-order valence-corrected chi connectivity index (χ2v) is 3.93. The Morgan fingerprint density at radius 1 is 1.10 bits per heavy atom. The van der Waals surface area contributed by atoms with E-state index in [-0.39, 0.29) is 12.3 Å². The molecule has 0 fully saturated rings. The second kappa shape index (κ2) is 6.79. The van der Waals surface area contributed by atoms with Crippen molar-refractivity contribution >= 4 is 5.78 Å². The molecule has 2 rings (SSSR count). The van der Waals surface area contributed by atoms with Crippen molar-refractivity contribution in [3.63, 3.8) is 0 Å². The lowest BCUT2D eigenvalue weighted by atomic mass is 9.99. The van der Waals surface area contributed by atoms with Gasteiger partial charge in [-0.3, -0.25) is 4.79 Å². The Kier molecular flexibility index (Phi) is 4.55. The van der Waals surface area contributed by atoms with Gasteiger partial charge >= 0.3 is 0 Å². The van der Waals surface area contributed by atoms with Crippen LogP contribution in [-0.2, 0) is 0 Å². The van der Waals surface area contributed by atoms with Gasteiger partial charge in [0, 0.05) is 21.6 Å². The molecule has 20 heavy (non-hydrogen) atoms. The van der Waals surface area contributed by atoms with Crippen LogP contribution >= 0.6 is 0 Å². The van der Waals surface area contributed by atoms with Gasteiger partial charge in [0.25, 0.3) is 0 Å². The maximum atomic E-state index is 12.4. The number of azide groups is 1. The number of carbonyl (C=O) groups excluding carboxylic acids is 1. The first-order valence-corrected chi connectivity index (χ1v) is 6.01. The van der Waals surface area contributed by atoms with Crippen LogP contribution in [0.5, 0.6) is 0 Å². The van der Waals surface area contributed by atoms with Crippen LogP contribution in [-0.4, -0.2) is 12.3 Å². The number of nitrogens with zero attached hydrogens (tertiary/aromatic N) is 3. The van der Waals surface area contributed by atoms with Crippen LogP contribution < -0.4 is 0 Å². The molecule has 0 N–H and O–H groups in total. The molecule has 0 saturated heterocycles. The summed E-state index contributed by atoms with van der Waals surface area (Å²) in [6, 6.07) is 16.2. The van der Waals surface area contributed by atoms with Crippen LogP contribution in [0.4, 0.5) is 0 Å². The van der Waals surface area contributed by atoms with Crippen LogP contribution in [0.15, 0.2) is 59.7 Å². The van der Waals surface area contributed by atoms with E-state index >= 15 is 0 Å². The van der Waals surface area contributed by atoms with Crippen molar-refractivity contribution in [2.45, 2.75) is 0 Å². The molecule has 0 aliphatic carbocycles. The zero-order valence-corrected chi connectivity index (χ0v) is 10.7. The third kappa shape index (κ3) is 3.26. The molecule has 2 aromatic rings. The highest BCUT2D eigenvalue weighted by molar-refractivity contribution is 6.10. The van der Waals surface area contributed by atoms with Crippen molar-refractivity contribution < 1.29 is 4.79 Å². The van der Waals surface area contributed by atoms with E-state index in [1.807, 2.05) is 24.3 Å². The molecule has 0 heterocycles. The lowest BCUT2D eigenvalue weighted by Gasteiger charge is -2.03. The summed E-state index contributed by atoms with van der Waals surface area (Å²) in [7, 11) is 0. The molecule has 0 atom stereocenters. The van der Waals surface area contributed by atoms with E-state index in [2.05, 4.69) is 21.9 Å². The molecule has 0 aliphatic heterocycles. The Balaban J connectivity index is 2.34. The van der Waals surface area contributed by atoms with Crippen molar-refractivity contribution in [1.29, 1.82) is 0 Å². The number of hydrogen-bond acceptors (Lipinski definition) is 2. The minimum Gasteiger partial charge on any atom is -0.289 e. The molecule has 0 aromatic heterocycles. The van der Waals surface area contributed by atoms with Gasteiger partial charge in [0.15, 0.2) is 5.78 Å². The van der Waals surface area contributed by atoms with E-state index < -0.39 is 0 Å². The third-order valence-corrected chi connectivity index (χ3v) is 2.64. The van der Waals surface area contributed by atoms with Crippen molar-refractivity contribution in [3.05, 3.63) is 81.7 Å². The minimum atomic E-state index is -0.0701. The highest BCUT2D eigenvalue weighted by Gasteiger charge is 2.11. The summed E-state index contributed by atoms with van der Waals surface area (Å²) >= 11 is 0. The first-order chi connectivity index (χ1) is 9.83. The fourth-order valence-corrected chi connectivity index (χ4v) is 1.74. The predicted molar refractivity (Wildman–Crippen MR) is 77.2 cm³/mol. The number of benzene rings is 2. The lowest BCUT2D eigenvalue weighted by molar-refractivity contribution is 0.103. The van der Waals surface area contributed by atoms with Crippen LogP contribution in [0, 0.1) is 11.8 Å². The summed E-state index contributed by atoms with van der Waals surface area (Å²) in [4.78, 5) is 15.0. The Bertz CT molecular complexity index is 720. The topological polar surface area (TPSA) is 65.8 Å². The van der Waals surface area contributed by atoms with Gasteiger partial charge in [-0.1, -0.05) is 59.4 Å². The summed E-state index contributed by atoms with van der Waals surface area (Å²) in [5, 5.41) is 3.34. The molecule has 0 aliphatic rings. The predicted octanol–water partition coefficient (Wildman–Crippen LogP) is 3.58. The van der Waals surface area contributed by atoms with Gasteiger partial charge < -0.3 is 0 Å². The third-order valence-electron chi connectivity index (χ3n) is 2.64. The average molecular weight is 261 g/mol. The number of rotatable bonds is 3. The normalized spacial score (nSPS) is 9.00. The Labute approximate surface area is 116 Å². The van der Waals surface area contributed by atoms with E-state index in [1.54, 1.807) is 30.3 Å². The highest BCUT2D eigenvalue weighted by Crippen LogP contribution is 2.13. The summed E-state index contributed by atoms with van der Waals surface area (Å²) in [5.41, 5.74) is 10.00. The molecule has 0 unspecified atom stereocenters. The first-order valence-electron chi connectivity index (χ1n) is 6.01. The van der Waals surface area contributed by atoms with Crippen LogP contribution in [0.2, 0.25) is 0 Å². The molecule has 0 bridgehead atoms. The molecule has 0 saturated carbocycles. The van der Waals surface area contributed by atoms with Crippen LogP contribution in [0.25, 0.3) is 10.4 Å². The van der Waals surface area contributed by atoms with Gasteiger partial charge in [-0.2, -0.15) is 0 Å². The van der Waals surface area contributed by atoms with Crippen molar-refractivity contribution in [3.8, 4) is 11.8 Å². The molecule has 0 amide bonds. The Hall–Kier alpha value is -3.02. The number of hydrogen-bond donors (Lipinski definition) is 0. The number of carbonyl (C=O) groups is 1. The first kappa shape index (κ1) is 13.4. The smallest absolute Gasteiger partial charge is 0.194 e. The second-order valence-electron chi connectivity index (χ2n) is 3.93. The molecular formula is C16H11N3O. The van der Waals surface area contributed by atoms with Crippen LogP contribution in [0.3, 0.4) is 0 Å². The monoisotopic (exact) mass is 261 g/mol. The standard InChI is InChI=1S/C16H11N3O/c17-19-18-12-6-10-13-7-4-5-11-15(13)16(20)14-8-2-1-3-9-14/h1-5,7-9,11H,12H2. The largest absolute Gasteiger partial charge is 0.289 e. The van der Waals surface area contributed by atoms with Crippen molar-refractivity contribution in [1.82, 2.24) is 0 Å². The maximum absolute atomic E-state index is 12.4. The van der Waals surface area contributed by atoms with E-state index in [0.29, 0.717) is 16.7 Å². The lowest BCUT2D eigenvalue weighted by Crippen LogP contribution is -2.03. The quantitative estimate of drug-likeness (QED) is 0.274. The van der Waals surface area contributed by atoms with E-state index in [1.165, 1.54) is 0 Å². The average Bonchev–Trinajstić information content (AvgIpc) is 2.52. The fraction of sp³-hybridized carbons (Fsp3) is 0.0625. The zero-order valence-electron chi connectivity index (χ0n) is 10.7. The van der Waals surface area contributed by atoms with Gasteiger partial charge in [0.2, 0.25) is 0 Å². The van der Waals surface area contributed by atoms with Gasteiger partial charge in [0.05, 0.1) is 6.54 Å². The summed E-state index contributed by atoms with van der Waals surface area (Å²) in [5.74, 6) is 5.52. The Morgan fingerprint density at radius 3 is 2.55 bits per heavy atom. The molecule has 96 valence electrons. The maximum Gasteiger partial charge on any atom is 0.194 e. The van der Waals surface area contributed by atoms with Crippen molar-refractivity contribution in [2.24, 2.45) is 5.11 Å². The van der Waals surface area contributed by atoms with E-state index in [9.17, 15) is 4.79 Å². The molecule has 2 aromatic carbocycles. The van der Waals surface area contributed by atoms with Gasteiger partial charge in [-0.25, -0.2) is 0 Å². The van der Waals surface area contributed by atoms with Gasteiger partial charge in [-0.15, -0.1) is 0 Å². The van der Waals surface area contributed by atoms with E-state index in [0.717, 1.165) is 0 Å². The summed E-state index contributed by atoms with van der Waals surface area (Å²) in [6.45, 7) is 0.0877. The molecule has 4 heteroatoms. The zero-order chi connectivity index (χ0) is 14.2. The number of ketones is 1. The van der Waals surface area contributed by atoms with Crippen LogP contribution in [0.1, 0.15) is 21.5 Å². The molecule has 0 spiro atoms. The highest BCUT2D eigenvalue weighted by atomic mass is 16.1. The summed E-state index contributed by atoms with van der Waals surface area (Å²) < 4.78 is 0. The van der Waals surface area contributed by atoms with E-state index in [4.69, 9.17) is 5.53 Å². The van der Waals surface area contributed by atoms with Gasteiger partial charge in [0.1, 0.15) is 0 Å². The minimum absolute atomic E-state index is 0.0701. The summed E-state index contributed by atoms with van der Waals surface area (Å²) in [6.07, 6.45) is 0. The molecular weight excluding hydrogens is 250 g/mol. The van der Waals surface area contributed by atoms with Gasteiger partial charge in [-0.05, 0) is 17.7 Å². The molecule has 4 nitrogen and oxygen atoms in total. The molecule has 0 radical (unpaired) electrons. The Morgan fingerprint density at radius 2 is 1.80 bits per heavy atom. The SMILES string of the molecule is [N-]=[N+]=NCC#Cc1ccccc1C(=O)c1ccccc1. The van der Waals surface area contributed by atoms with Crippen molar-refractivity contribution in [2.75, 3.05) is 6.54 Å².